The third-order valence-corrected chi connectivity index (χ3v) is 2.91. The summed E-state index contributed by atoms with van der Waals surface area (Å²) in [5.74, 6) is -0.224. The van der Waals surface area contributed by atoms with E-state index in [9.17, 15) is 14.3 Å². The maximum atomic E-state index is 13.9. The Balaban J connectivity index is 2.72. The van der Waals surface area contributed by atoms with Gasteiger partial charge in [-0.05, 0) is 60.9 Å². The molecule has 1 N–H and O–H groups in total. The minimum Gasteiger partial charge on any atom is -0.508 e. The molecule has 92 valence electrons. The van der Waals surface area contributed by atoms with Crippen molar-refractivity contribution >= 4 is 6.29 Å². The molecule has 0 aliphatic heterocycles. The van der Waals surface area contributed by atoms with Gasteiger partial charge in [-0.2, -0.15) is 0 Å². The Kier molecular flexibility index (Phi) is 3.15. The molecule has 18 heavy (non-hydrogen) atoms. The topological polar surface area (TPSA) is 37.3 Å². The molecule has 0 unspecified atom stereocenters. The van der Waals surface area contributed by atoms with E-state index in [0.29, 0.717) is 23.0 Å². The van der Waals surface area contributed by atoms with Crippen LogP contribution in [0.3, 0.4) is 0 Å². The number of carbonyl (C=O) groups is 1. The Morgan fingerprint density at radius 1 is 1.11 bits per heavy atom. The average Bonchev–Trinajstić information content (AvgIpc) is 2.30. The molecule has 0 aliphatic rings. The molecule has 0 spiro atoms. The highest BCUT2D eigenvalue weighted by atomic mass is 19.1. The van der Waals surface area contributed by atoms with Crippen LogP contribution in [0.1, 0.15) is 21.5 Å². The number of halogens is 1. The lowest BCUT2D eigenvalue weighted by molar-refractivity contribution is 0.112. The van der Waals surface area contributed by atoms with Gasteiger partial charge < -0.3 is 5.11 Å². The zero-order valence-corrected chi connectivity index (χ0v) is 10.2. The van der Waals surface area contributed by atoms with Crippen molar-refractivity contribution in [2.75, 3.05) is 0 Å². The Morgan fingerprint density at radius 2 is 1.72 bits per heavy atom. The second kappa shape index (κ2) is 4.61. The summed E-state index contributed by atoms with van der Waals surface area (Å²) in [6.07, 6.45) is 0.689. The fourth-order valence-corrected chi connectivity index (χ4v) is 2.17. The molecule has 2 rings (SSSR count). The van der Waals surface area contributed by atoms with E-state index >= 15 is 0 Å². The van der Waals surface area contributed by atoms with Crippen molar-refractivity contribution in [1.29, 1.82) is 0 Å². The van der Waals surface area contributed by atoms with Crippen LogP contribution in [0.15, 0.2) is 30.3 Å². The number of aryl methyl sites for hydroxylation is 2. The Morgan fingerprint density at radius 3 is 2.28 bits per heavy atom. The lowest BCUT2D eigenvalue weighted by atomic mass is 9.94. The summed E-state index contributed by atoms with van der Waals surface area (Å²) in [6, 6.07) is 7.40. The summed E-state index contributed by atoms with van der Waals surface area (Å²) in [6.45, 7) is 3.60. The highest BCUT2D eigenvalue weighted by Crippen LogP contribution is 2.32. The third kappa shape index (κ3) is 2.12. The van der Waals surface area contributed by atoms with Gasteiger partial charge in [0.1, 0.15) is 17.9 Å². The number of phenols is 1. The number of carbonyl (C=O) groups excluding carboxylic acids is 1. The van der Waals surface area contributed by atoms with Gasteiger partial charge >= 0.3 is 0 Å². The van der Waals surface area contributed by atoms with Crippen LogP contribution in [-0.4, -0.2) is 11.4 Å². The monoisotopic (exact) mass is 244 g/mol. The molecule has 0 radical (unpaired) electrons. The summed E-state index contributed by atoms with van der Waals surface area (Å²) in [5.41, 5.74) is 3.07. The molecule has 0 saturated heterocycles. The molecule has 0 saturated carbocycles. The van der Waals surface area contributed by atoms with Gasteiger partial charge in [0, 0.05) is 11.1 Å². The van der Waals surface area contributed by atoms with Gasteiger partial charge in [0.05, 0.1) is 0 Å². The summed E-state index contributed by atoms with van der Waals surface area (Å²) in [7, 11) is 0. The van der Waals surface area contributed by atoms with Crippen molar-refractivity contribution in [2.24, 2.45) is 0 Å². The van der Waals surface area contributed by atoms with Crippen molar-refractivity contribution < 1.29 is 14.3 Å². The number of aromatic hydroxyl groups is 1. The van der Waals surface area contributed by atoms with Gasteiger partial charge in [-0.15, -0.1) is 0 Å². The minimum atomic E-state index is -0.377. The first kappa shape index (κ1) is 12.3. The summed E-state index contributed by atoms with van der Waals surface area (Å²) < 4.78 is 13.9. The summed E-state index contributed by atoms with van der Waals surface area (Å²) >= 11 is 0. The molecule has 0 atom stereocenters. The smallest absolute Gasteiger partial charge is 0.150 e. The van der Waals surface area contributed by atoms with Crippen molar-refractivity contribution in [3.8, 4) is 16.9 Å². The first-order valence-electron chi connectivity index (χ1n) is 5.58. The molecular weight excluding hydrogens is 231 g/mol. The number of benzene rings is 2. The lowest BCUT2D eigenvalue weighted by Gasteiger charge is -2.12. The van der Waals surface area contributed by atoms with Crippen LogP contribution < -0.4 is 0 Å². The van der Waals surface area contributed by atoms with E-state index in [4.69, 9.17) is 0 Å². The quantitative estimate of drug-likeness (QED) is 0.819. The fourth-order valence-electron chi connectivity index (χ4n) is 2.17. The van der Waals surface area contributed by atoms with Crippen LogP contribution in [0.25, 0.3) is 11.1 Å². The molecule has 2 aromatic rings. The van der Waals surface area contributed by atoms with E-state index in [1.165, 1.54) is 18.2 Å². The van der Waals surface area contributed by atoms with Crippen LogP contribution in [0, 0.1) is 19.7 Å². The largest absolute Gasteiger partial charge is 0.508 e. The Bertz CT molecular complexity index is 595. The summed E-state index contributed by atoms with van der Waals surface area (Å²) in [4.78, 5) is 10.8. The number of hydrogen-bond donors (Lipinski definition) is 1. The first-order chi connectivity index (χ1) is 8.52. The van der Waals surface area contributed by atoms with Crippen molar-refractivity contribution in [2.45, 2.75) is 13.8 Å². The summed E-state index contributed by atoms with van der Waals surface area (Å²) in [5, 5.41) is 9.49. The second-order valence-corrected chi connectivity index (χ2v) is 4.31. The third-order valence-electron chi connectivity index (χ3n) is 2.91. The van der Waals surface area contributed by atoms with E-state index in [-0.39, 0.29) is 11.6 Å². The zero-order valence-electron chi connectivity index (χ0n) is 10.2. The molecule has 0 fully saturated rings. The zero-order chi connectivity index (χ0) is 13.3. The molecule has 2 aromatic carbocycles. The predicted molar refractivity (Wildman–Crippen MR) is 68.4 cm³/mol. The molecule has 3 heteroatoms. The average molecular weight is 244 g/mol. The molecule has 0 heterocycles. The van der Waals surface area contributed by atoms with Crippen molar-refractivity contribution in [3.05, 3.63) is 52.8 Å². The minimum absolute atomic E-state index is 0.153. The number of hydrogen-bond acceptors (Lipinski definition) is 2. The number of phenolic OH excluding ortho intramolecular Hbond substituents is 1. The molecular formula is C15H13FO2. The highest BCUT2D eigenvalue weighted by molar-refractivity contribution is 5.81. The second-order valence-electron chi connectivity index (χ2n) is 4.31. The SMILES string of the molecule is Cc1cc(O)cc(C)c1-c1cc(C=O)ccc1F. The molecule has 0 aliphatic carbocycles. The molecule has 2 nitrogen and oxygen atoms in total. The van der Waals surface area contributed by atoms with Gasteiger partial charge in [-0.25, -0.2) is 4.39 Å². The van der Waals surface area contributed by atoms with E-state index in [0.717, 1.165) is 11.1 Å². The van der Waals surface area contributed by atoms with E-state index < -0.39 is 0 Å². The fraction of sp³-hybridized carbons (Fsp3) is 0.133. The van der Waals surface area contributed by atoms with Crippen LogP contribution >= 0.6 is 0 Å². The van der Waals surface area contributed by atoms with E-state index in [1.807, 2.05) is 0 Å². The lowest BCUT2D eigenvalue weighted by Crippen LogP contribution is -1.93. The van der Waals surface area contributed by atoms with Crippen molar-refractivity contribution in [3.63, 3.8) is 0 Å². The maximum absolute atomic E-state index is 13.9. The number of rotatable bonds is 2. The Labute approximate surface area is 105 Å². The first-order valence-corrected chi connectivity index (χ1v) is 5.58. The van der Waals surface area contributed by atoms with Crippen LogP contribution in [-0.2, 0) is 0 Å². The molecule has 0 bridgehead atoms. The standard InChI is InChI=1S/C15H13FO2/c1-9-5-12(18)6-10(2)15(9)13-7-11(8-17)3-4-14(13)16/h3-8,18H,1-2H3. The van der Waals surface area contributed by atoms with E-state index in [1.54, 1.807) is 26.0 Å². The van der Waals surface area contributed by atoms with E-state index in [2.05, 4.69) is 0 Å². The van der Waals surface area contributed by atoms with Gasteiger partial charge in [0.15, 0.2) is 0 Å². The molecule has 0 amide bonds. The van der Waals surface area contributed by atoms with Gasteiger partial charge in [0.2, 0.25) is 0 Å². The highest BCUT2D eigenvalue weighted by Gasteiger charge is 2.12. The number of aldehydes is 1. The van der Waals surface area contributed by atoms with Crippen LogP contribution in [0.5, 0.6) is 5.75 Å². The molecule has 0 aromatic heterocycles. The van der Waals surface area contributed by atoms with Crippen LogP contribution in [0.4, 0.5) is 4.39 Å². The predicted octanol–water partition coefficient (Wildman–Crippen LogP) is 3.63. The van der Waals surface area contributed by atoms with Gasteiger partial charge in [-0.1, -0.05) is 0 Å². The van der Waals surface area contributed by atoms with Crippen molar-refractivity contribution in [1.82, 2.24) is 0 Å². The van der Waals surface area contributed by atoms with Gasteiger partial charge in [0.25, 0.3) is 0 Å². The normalized spacial score (nSPS) is 10.4. The maximum Gasteiger partial charge on any atom is 0.150 e. The van der Waals surface area contributed by atoms with Gasteiger partial charge in [-0.3, -0.25) is 4.79 Å². The Hall–Kier alpha value is -2.16. The van der Waals surface area contributed by atoms with Crippen LogP contribution in [0.2, 0.25) is 0 Å².